The predicted molar refractivity (Wildman–Crippen MR) is 76.5 cm³/mol. The Bertz CT molecular complexity index is 349. The van der Waals surface area contributed by atoms with Crippen LogP contribution in [0.2, 0.25) is 0 Å². The van der Waals surface area contributed by atoms with Crippen LogP contribution in [0.3, 0.4) is 0 Å². The van der Waals surface area contributed by atoms with Gasteiger partial charge < -0.3 is 5.32 Å². The van der Waals surface area contributed by atoms with E-state index in [1.54, 1.807) is 0 Å². The third kappa shape index (κ3) is 3.32. The van der Waals surface area contributed by atoms with E-state index in [0.717, 1.165) is 24.2 Å². The summed E-state index contributed by atoms with van der Waals surface area (Å²) < 4.78 is 0. The van der Waals surface area contributed by atoms with E-state index in [1.165, 1.54) is 24.8 Å². The normalized spacial score (nSPS) is 30.1. The summed E-state index contributed by atoms with van der Waals surface area (Å²) in [5.41, 5.74) is 1.40. The zero-order valence-corrected chi connectivity index (χ0v) is 11.9. The van der Waals surface area contributed by atoms with Crippen molar-refractivity contribution >= 4 is 0 Å². The van der Waals surface area contributed by atoms with Crippen molar-refractivity contribution in [2.24, 2.45) is 17.8 Å². The summed E-state index contributed by atoms with van der Waals surface area (Å²) in [6, 6.07) is 4.89. The van der Waals surface area contributed by atoms with E-state index < -0.39 is 0 Å². The summed E-state index contributed by atoms with van der Waals surface area (Å²) in [6.45, 7) is 4.81. The molecule has 1 heterocycles. The van der Waals surface area contributed by atoms with E-state index in [9.17, 15) is 0 Å². The maximum atomic E-state index is 4.09. The van der Waals surface area contributed by atoms with Crippen molar-refractivity contribution in [1.82, 2.24) is 10.3 Å². The van der Waals surface area contributed by atoms with Crippen LogP contribution in [0.1, 0.15) is 38.7 Å². The second kappa shape index (κ2) is 6.33. The molecule has 1 saturated carbocycles. The van der Waals surface area contributed by atoms with Gasteiger partial charge in [0, 0.05) is 18.4 Å². The van der Waals surface area contributed by atoms with E-state index in [-0.39, 0.29) is 0 Å². The van der Waals surface area contributed by atoms with Crippen LogP contribution in [0.4, 0.5) is 0 Å². The van der Waals surface area contributed by atoms with Crippen molar-refractivity contribution in [2.45, 2.75) is 45.6 Å². The Balaban J connectivity index is 1.97. The molecule has 18 heavy (non-hydrogen) atoms. The monoisotopic (exact) mass is 246 g/mol. The molecule has 1 aliphatic rings. The second-order valence-corrected chi connectivity index (χ2v) is 5.98. The average Bonchev–Trinajstić information content (AvgIpc) is 2.40. The van der Waals surface area contributed by atoms with Gasteiger partial charge in [0.25, 0.3) is 0 Å². The molecule has 0 spiro atoms. The molecule has 0 bridgehead atoms. The Morgan fingerprint density at radius 3 is 2.56 bits per heavy atom. The lowest BCUT2D eigenvalue weighted by atomic mass is 9.72. The summed E-state index contributed by atoms with van der Waals surface area (Å²) in [5, 5.41) is 3.54. The quantitative estimate of drug-likeness (QED) is 0.882. The second-order valence-electron chi connectivity index (χ2n) is 5.98. The molecule has 2 nitrogen and oxygen atoms in total. The van der Waals surface area contributed by atoms with Gasteiger partial charge in [0.1, 0.15) is 0 Å². The Hall–Kier alpha value is -0.890. The van der Waals surface area contributed by atoms with Crippen LogP contribution in [0.25, 0.3) is 0 Å². The molecule has 1 N–H and O–H groups in total. The topological polar surface area (TPSA) is 24.9 Å². The SMILES string of the molecule is CNC(Cc1ccncc1)C1CCC(C)C(C)C1. The first-order valence-electron chi connectivity index (χ1n) is 7.27. The van der Waals surface area contributed by atoms with Crippen LogP contribution >= 0.6 is 0 Å². The number of likely N-dealkylation sites (N-methyl/N-ethyl adjacent to an activating group) is 1. The number of nitrogens with zero attached hydrogens (tertiary/aromatic N) is 1. The number of aromatic nitrogens is 1. The lowest BCUT2D eigenvalue weighted by Gasteiger charge is -2.36. The number of rotatable bonds is 4. The Labute approximate surface area is 111 Å². The molecule has 1 aromatic rings. The van der Waals surface area contributed by atoms with Crippen LogP contribution in [0.5, 0.6) is 0 Å². The molecule has 1 fully saturated rings. The first-order chi connectivity index (χ1) is 8.70. The van der Waals surface area contributed by atoms with Crippen molar-refractivity contribution < 1.29 is 0 Å². The minimum absolute atomic E-state index is 0.613. The van der Waals surface area contributed by atoms with Gasteiger partial charge in [-0.1, -0.05) is 20.3 Å². The van der Waals surface area contributed by atoms with E-state index in [1.807, 2.05) is 12.4 Å². The molecular weight excluding hydrogens is 220 g/mol. The molecule has 4 atom stereocenters. The van der Waals surface area contributed by atoms with Gasteiger partial charge >= 0.3 is 0 Å². The lowest BCUT2D eigenvalue weighted by molar-refractivity contribution is 0.173. The minimum atomic E-state index is 0.613. The summed E-state index contributed by atoms with van der Waals surface area (Å²) in [4.78, 5) is 4.09. The molecule has 0 saturated heterocycles. The number of hydrogen-bond acceptors (Lipinski definition) is 2. The summed E-state index contributed by atoms with van der Waals surface area (Å²) >= 11 is 0. The molecule has 0 radical (unpaired) electrons. The van der Waals surface area contributed by atoms with Gasteiger partial charge in [-0.05, 0) is 61.8 Å². The Morgan fingerprint density at radius 1 is 1.22 bits per heavy atom. The molecule has 100 valence electrons. The number of pyridine rings is 1. The first-order valence-corrected chi connectivity index (χ1v) is 7.27. The number of nitrogens with one attached hydrogen (secondary N) is 1. The standard InChI is InChI=1S/C16H26N2/c1-12-4-5-15(10-13(12)2)16(17-3)11-14-6-8-18-9-7-14/h6-9,12-13,15-17H,4-5,10-11H2,1-3H3. The first kappa shape index (κ1) is 13.5. The fourth-order valence-corrected chi connectivity index (χ4v) is 3.23. The summed E-state index contributed by atoms with van der Waals surface area (Å²) in [7, 11) is 2.11. The molecule has 0 aromatic carbocycles. The van der Waals surface area contributed by atoms with Crippen LogP contribution < -0.4 is 5.32 Å². The molecule has 2 rings (SSSR count). The van der Waals surface area contributed by atoms with E-state index in [4.69, 9.17) is 0 Å². The van der Waals surface area contributed by atoms with Gasteiger partial charge in [-0.3, -0.25) is 4.98 Å². The molecule has 0 aliphatic heterocycles. The molecule has 1 aromatic heterocycles. The van der Waals surface area contributed by atoms with Crippen LogP contribution in [0, 0.1) is 17.8 Å². The van der Waals surface area contributed by atoms with E-state index in [2.05, 4.69) is 43.3 Å². The minimum Gasteiger partial charge on any atom is -0.316 e. The summed E-state index contributed by atoms with van der Waals surface area (Å²) in [6.07, 6.45) is 9.06. The highest BCUT2D eigenvalue weighted by Gasteiger charge is 2.29. The zero-order valence-electron chi connectivity index (χ0n) is 11.9. The fraction of sp³-hybridized carbons (Fsp3) is 0.688. The Morgan fingerprint density at radius 2 is 1.94 bits per heavy atom. The molecule has 0 amide bonds. The van der Waals surface area contributed by atoms with Crippen LogP contribution in [0.15, 0.2) is 24.5 Å². The molecule has 4 unspecified atom stereocenters. The zero-order chi connectivity index (χ0) is 13.0. The van der Waals surface area contributed by atoms with Crippen molar-refractivity contribution in [3.8, 4) is 0 Å². The fourth-order valence-electron chi connectivity index (χ4n) is 3.23. The third-order valence-electron chi connectivity index (χ3n) is 4.78. The van der Waals surface area contributed by atoms with Gasteiger partial charge in [0.05, 0.1) is 0 Å². The smallest absolute Gasteiger partial charge is 0.0270 e. The van der Waals surface area contributed by atoms with Crippen molar-refractivity contribution in [3.63, 3.8) is 0 Å². The lowest BCUT2D eigenvalue weighted by Crippen LogP contribution is -2.39. The van der Waals surface area contributed by atoms with Crippen molar-refractivity contribution in [2.75, 3.05) is 7.05 Å². The van der Waals surface area contributed by atoms with Gasteiger partial charge in [0.2, 0.25) is 0 Å². The number of hydrogen-bond donors (Lipinski definition) is 1. The Kier molecular flexibility index (Phi) is 4.76. The van der Waals surface area contributed by atoms with Crippen molar-refractivity contribution in [1.29, 1.82) is 0 Å². The van der Waals surface area contributed by atoms with Gasteiger partial charge in [-0.25, -0.2) is 0 Å². The molecule has 1 aliphatic carbocycles. The van der Waals surface area contributed by atoms with E-state index in [0.29, 0.717) is 6.04 Å². The molecule has 2 heteroatoms. The molecular formula is C16H26N2. The largest absolute Gasteiger partial charge is 0.316 e. The summed E-state index contributed by atoms with van der Waals surface area (Å²) in [5.74, 6) is 2.60. The highest BCUT2D eigenvalue weighted by Crippen LogP contribution is 2.35. The third-order valence-corrected chi connectivity index (χ3v) is 4.78. The average molecular weight is 246 g/mol. The van der Waals surface area contributed by atoms with Gasteiger partial charge in [0.15, 0.2) is 0 Å². The maximum absolute atomic E-state index is 4.09. The van der Waals surface area contributed by atoms with Crippen molar-refractivity contribution in [3.05, 3.63) is 30.1 Å². The highest BCUT2D eigenvalue weighted by atomic mass is 14.9. The van der Waals surface area contributed by atoms with Gasteiger partial charge in [-0.2, -0.15) is 0 Å². The van der Waals surface area contributed by atoms with Gasteiger partial charge in [-0.15, -0.1) is 0 Å². The highest BCUT2D eigenvalue weighted by molar-refractivity contribution is 5.11. The van der Waals surface area contributed by atoms with Crippen LogP contribution in [-0.4, -0.2) is 18.1 Å². The maximum Gasteiger partial charge on any atom is 0.0270 e. The van der Waals surface area contributed by atoms with Crippen LogP contribution in [-0.2, 0) is 6.42 Å². The van der Waals surface area contributed by atoms with E-state index >= 15 is 0 Å². The predicted octanol–water partition coefficient (Wildman–Crippen LogP) is 3.28.